The third kappa shape index (κ3) is 4.41. The number of fused-ring (bicyclic) bond motifs is 1. The SMILES string of the molecule is CCN(CC)C(=O)CNC(=O)c1nn(-c2ccc(OC)c(OC)c2)c(=O)c2ccccc12. The van der Waals surface area contributed by atoms with Gasteiger partial charge in [0.05, 0.1) is 31.8 Å². The van der Waals surface area contributed by atoms with Crippen molar-refractivity contribution in [2.24, 2.45) is 0 Å². The molecule has 0 spiro atoms. The molecule has 9 nitrogen and oxygen atoms in total. The number of carbonyl (C=O) groups excluding carboxylic acids is 2. The van der Waals surface area contributed by atoms with Crippen LogP contribution in [0, 0.1) is 0 Å². The largest absolute Gasteiger partial charge is 0.493 e. The number of nitrogens with one attached hydrogen (secondary N) is 1. The number of hydrogen-bond acceptors (Lipinski definition) is 6. The fraction of sp³-hybridized carbons (Fsp3) is 0.304. The number of amides is 2. The predicted octanol–water partition coefficient (Wildman–Crippen LogP) is 2.00. The fourth-order valence-electron chi connectivity index (χ4n) is 3.42. The summed E-state index contributed by atoms with van der Waals surface area (Å²) in [7, 11) is 3.00. The van der Waals surface area contributed by atoms with Gasteiger partial charge in [-0.25, -0.2) is 0 Å². The number of rotatable bonds is 8. The zero-order chi connectivity index (χ0) is 23.3. The molecule has 0 aliphatic heterocycles. The molecule has 0 atom stereocenters. The lowest BCUT2D eigenvalue weighted by molar-refractivity contribution is -0.129. The third-order valence-electron chi connectivity index (χ3n) is 5.15. The van der Waals surface area contributed by atoms with Gasteiger partial charge in [-0.15, -0.1) is 0 Å². The summed E-state index contributed by atoms with van der Waals surface area (Å²) < 4.78 is 11.7. The van der Waals surface area contributed by atoms with Crippen molar-refractivity contribution in [1.29, 1.82) is 0 Å². The Labute approximate surface area is 185 Å². The molecule has 3 rings (SSSR count). The number of ether oxygens (including phenoxy) is 2. The lowest BCUT2D eigenvalue weighted by Crippen LogP contribution is -2.40. The van der Waals surface area contributed by atoms with E-state index in [0.29, 0.717) is 41.0 Å². The van der Waals surface area contributed by atoms with Gasteiger partial charge in [-0.3, -0.25) is 14.4 Å². The van der Waals surface area contributed by atoms with Gasteiger partial charge in [0.2, 0.25) is 5.91 Å². The normalized spacial score (nSPS) is 10.6. The molecule has 0 unspecified atom stereocenters. The molecule has 0 saturated heterocycles. The van der Waals surface area contributed by atoms with Gasteiger partial charge in [0.1, 0.15) is 0 Å². The van der Waals surface area contributed by atoms with Gasteiger partial charge < -0.3 is 19.7 Å². The van der Waals surface area contributed by atoms with Gasteiger partial charge in [0.25, 0.3) is 11.5 Å². The lowest BCUT2D eigenvalue weighted by atomic mass is 10.1. The fourth-order valence-corrected chi connectivity index (χ4v) is 3.42. The number of benzene rings is 2. The molecule has 0 radical (unpaired) electrons. The number of methoxy groups -OCH3 is 2. The van der Waals surface area contributed by atoms with Gasteiger partial charge in [0, 0.05) is 24.5 Å². The molecule has 1 N–H and O–H groups in total. The van der Waals surface area contributed by atoms with Crippen molar-refractivity contribution >= 4 is 22.6 Å². The Balaban J connectivity index is 2.06. The molecule has 0 aliphatic rings. The number of nitrogens with zero attached hydrogens (tertiary/aromatic N) is 3. The van der Waals surface area contributed by atoms with Crippen LogP contribution in [0.3, 0.4) is 0 Å². The van der Waals surface area contributed by atoms with Gasteiger partial charge in [-0.05, 0) is 32.0 Å². The minimum Gasteiger partial charge on any atom is -0.493 e. The molecule has 0 saturated carbocycles. The van der Waals surface area contributed by atoms with Crippen LogP contribution >= 0.6 is 0 Å². The van der Waals surface area contributed by atoms with Crippen molar-refractivity contribution in [3.8, 4) is 17.2 Å². The maximum Gasteiger partial charge on any atom is 0.279 e. The molecule has 0 bridgehead atoms. The summed E-state index contributed by atoms with van der Waals surface area (Å²) in [5, 5.41) is 7.70. The van der Waals surface area contributed by atoms with E-state index in [0.717, 1.165) is 4.68 Å². The van der Waals surface area contributed by atoms with E-state index in [1.54, 1.807) is 47.4 Å². The first-order chi connectivity index (χ1) is 15.4. The van der Waals surface area contributed by atoms with Crippen LogP contribution in [0.1, 0.15) is 24.3 Å². The highest BCUT2D eigenvalue weighted by Crippen LogP contribution is 2.28. The Morgan fingerprint density at radius 3 is 2.28 bits per heavy atom. The molecule has 3 aromatic rings. The highest BCUT2D eigenvalue weighted by Gasteiger charge is 2.19. The molecule has 32 heavy (non-hydrogen) atoms. The van der Waals surface area contributed by atoms with Crippen LogP contribution in [0.4, 0.5) is 0 Å². The second-order valence-corrected chi connectivity index (χ2v) is 6.90. The van der Waals surface area contributed by atoms with Crippen molar-refractivity contribution in [1.82, 2.24) is 20.0 Å². The average molecular weight is 438 g/mol. The van der Waals surface area contributed by atoms with E-state index >= 15 is 0 Å². The van der Waals surface area contributed by atoms with Crippen molar-refractivity contribution in [2.45, 2.75) is 13.8 Å². The topological polar surface area (TPSA) is 103 Å². The monoisotopic (exact) mass is 438 g/mol. The first kappa shape index (κ1) is 22.8. The lowest BCUT2D eigenvalue weighted by Gasteiger charge is -2.19. The molecular weight excluding hydrogens is 412 g/mol. The Hall–Kier alpha value is -3.88. The van der Waals surface area contributed by atoms with Crippen LogP contribution in [-0.2, 0) is 4.79 Å². The third-order valence-corrected chi connectivity index (χ3v) is 5.15. The summed E-state index contributed by atoms with van der Waals surface area (Å²) >= 11 is 0. The molecule has 0 aliphatic carbocycles. The van der Waals surface area contributed by atoms with Gasteiger partial charge in [0.15, 0.2) is 17.2 Å². The van der Waals surface area contributed by atoms with Gasteiger partial charge >= 0.3 is 0 Å². The van der Waals surface area contributed by atoms with Crippen molar-refractivity contribution < 1.29 is 19.1 Å². The van der Waals surface area contributed by atoms with Crippen LogP contribution in [0.5, 0.6) is 11.5 Å². The van der Waals surface area contributed by atoms with Crippen LogP contribution < -0.4 is 20.3 Å². The minimum atomic E-state index is -0.545. The number of carbonyl (C=O) groups is 2. The van der Waals surface area contributed by atoms with E-state index in [-0.39, 0.29) is 23.7 Å². The smallest absolute Gasteiger partial charge is 0.279 e. The predicted molar refractivity (Wildman–Crippen MR) is 121 cm³/mol. The number of likely N-dealkylation sites (N-methyl/N-ethyl adjacent to an activating group) is 1. The maximum absolute atomic E-state index is 13.1. The second kappa shape index (κ2) is 9.95. The summed E-state index contributed by atoms with van der Waals surface area (Å²) in [6.45, 7) is 4.69. The Kier molecular flexibility index (Phi) is 7.09. The first-order valence-electron chi connectivity index (χ1n) is 10.3. The van der Waals surface area contributed by atoms with E-state index in [2.05, 4.69) is 10.4 Å². The van der Waals surface area contributed by atoms with Crippen molar-refractivity contribution in [2.75, 3.05) is 33.9 Å². The molecule has 1 heterocycles. The summed E-state index contributed by atoms with van der Waals surface area (Å²) in [5.74, 6) is 0.178. The Morgan fingerprint density at radius 1 is 1.00 bits per heavy atom. The molecular formula is C23H26N4O5. The van der Waals surface area contributed by atoms with Gasteiger partial charge in [-0.2, -0.15) is 9.78 Å². The molecule has 168 valence electrons. The average Bonchev–Trinajstić information content (AvgIpc) is 2.83. The number of hydrogen-bond donors (Lipinski definition) is 1. The molecule has 2 amide bonds. The van der Waals surface area contributed by atoms with Crippen LogP contribution in [0.15, 0.2) is 47.3 Å². The summed E-state index contributed by atoms with van der Waals surface area (Å²) in [4.78, 5) is 40.0. The van der Waals surface area contributed by atoms with E-state index < -0.39 is 5.91 Å². The first-order valence-corrected chi connectivity index (χ1v) is 10.3. The molecule has 1 aromatic heterocycles. The van der Waals surface area contributed by atoms with Crippen molar-refractivity contribution in [3.63, 3.8) is 0 Å². The summed E-state index contributed by atoms with van der Waals surface area (Å²) in [6, 6.07) is 11.6. The van der Waals surface area contributed by atoms with E-state index in [4.69, 9.17) is 9.47 Å². The quantitative estimate of drug-likeness (QED) is 0.577. The zero-order valence-corrected chi connectivity index (χ0v) is 18.5. The van der Waals surface area contributed by atoms with E-state index in [1.807, 2.05) is 13.8 Å². The van der Waals surface area contributed by atoms with Crippen LogP contribution in [0.2, 0.25) is 0 Å². The van der Waals surface area contributed by atoms with Crippen LogP contribution in [0.25, 0.3) is 16.5 Å². The van der Waals surface area contributed by atoms with E-state index in [9.17, 15) is 14.4 Å². The highest BCUT2D eigenvalue weighted by atomic mass is 16.5. The van der Waals surface area contributed by atoms with Gasteiger partial charge in [-0.1, -0.05) is 18.2 Å². The standard InChI is InChI=1S/C23H26N4O5/c1-5-26(6-2)20(28)14-24-22(29)21-16-9-7-8-10-17(16)23(30)27(25-21)15-11-12-18(31-3)19(13-15)32-4/h7-13H,5-6,14H2,1-4H3,(H,24,29). The second-order valence-electron chi connectivity index (χ2n) is 6.90. The maximum atomic E-state index is 13.1. The number of aromatic nitrogens is 2. The van der Waals surface area contributed by atoms with Crippen molar-refractivity contribution in [3.05, 3.63) is 58.5 Å². The van der Waals surface area contributed by atoms with Crippen LogP contribution in [-0.4, -0.2) is 60.3 Å². The Bertz CT molecular complexity index is 1200. The summed E-state index contributed by atoms with van der Waals surface area (Å²) in [6.07, 6.45) is 0. The van der Waals surface area contributed by atoms with E-state index in [1.165, 1.54) is 14.2 Å². The molecule has 9 heteroatoms. The molecule has 0 fully saturated rings. The Morgan fingerprint density at radius 2 is 1.66 bits per heavy atom. The molecule has 2 aromatic carbocycles. The highest BCUT2D eigenvalue weighted by molar-refractivity contribution is 6.05. The zero-order valence-electron chi connectivity index (χ0n) is 18.5. The summed E-state index contributed by atoms with van der Waals surface area (Å²) in [5.41, 5.74) is 0.0672. The minimum absolute atomic E-state index is 0.0438.